The topological polar surface area (TPSA) is 53.9 Å². The molecule has 118 valence electrons. The van der Waals surface area contributed by atoms with Crippen molar-refractivity contribution in [3.05, 3.63) is 35.0 Å². The van der Waals surface area contributed by atoms with Crippen molar-refractivity contribution in [2.24, 2.45) is 4.99 Å². The first-order chi connectivity index (χ1) is 10.1. The summed E-state index contributed by atoms with van der Waals surface area (Å²) in [5.74, 6) is 0. The van der Waals surface area contributed by atoms with Gasteiger partial charge in [-0.1, -0.05) is 0 Å². The Bertz CT molecular complexity index is 698. The molecule has 1 aromatic heterocycles. The van der Waals surface area contributed by atoms with Crippen LogP contribution < -0.4 is 0 Å². The van der Waals surface area contributed by atoms with Crippen molar-refractivity contribution in [2.45, 2.75) is 12.4 Å². The summed E-state index contributed by atoms with van der Waals surface area (Å²) in [4.78, 5) is 3.58. The summed E-state index contributed by atoms with van der Waals surface area (Å²) in [6.45, 7) is 0. The average molecular weight is 322 g/mol. The Hall–Kier alpha value is -2.39. The zero-order valence-electron chi connectivity index (χ0n) is 10.9. The highest BCUT2D eigenvalue weighted by atomic mass is 19.4. The van der Waals surface area contributed by atoms with Crippen molar-refractivity contribution >= 4 is 6.21 Å². The number of alkyl halides is 6. The summed E-state index contributed by atoms with van der Waals surface area (Å²) in [7, 11) is 1.34. The molecule has 0 aliphatic heterocycles. The van der Waals surface area contributed by atoms with Gasteiger partial charge in [-0.3, -0.25) is 4.99 Å². The molecule has 1 aromatic carbocycles. The lowest BCUT2D eigenvalue weighted by Gasteiger charge is -2.14. The first-order valence-electron chi connectivity index (χ1n) is 5.76. The summed E-state index contributed by atoms with van der Waals surface area (Å²) in [6.07, 6.45) is -8.51. The Morgan fingerprint density at radius 2 is 1.73 bits per heavy atom. The van der Waals surface area contributed by atoms with E-state index in [0.717, 1.165) is 6.21 Å². The fraction of sp³-hybridized carbons (Fsp3) is 0.250. The van der Waals surface area contributed by atoms with E-state index in [1.807, 2.05) is 0 Å². The second-order valence-electron chi connectivity index (χ2n) is 4.20. The highest BCUT2D eigenvalue weighted by Crippen LogP contribution is 2.40. The third kappa shape index (κ3) is 3.10. The van der Waals surface area contributed by atoms with Crippen LogP contribution in [0.1, 0.15) is 16.8 Å². The Labute approximate surface area is 119 Å². The molecule has 0 amide bonds. The number of benzene rings is 1. The first kappa shape index (κ1) is 16.0. The lowest BCUT2D eigenvalue weighted by molar-refractivity contribution is -0.141. The van der Waals surface area contributed by atoms with Gasteiger partial charge in [0.15, 0.2) is 0 Å². The number of H-pyrrole nitrogens is 1. The predicted molar refractivity (Wildman–Crippen MR) is 65.3 cm³/mol. The standard InChI is InChI=1S/C12H8F6N4/c1-19-5-9-10(21-22-20-9)7-4-6(11(13,14)15)2-3-8(7)12(16,17)18/h2-5H,1H3,(H,20,21,22). The van der Waals surface area contributed by atoms with Crippen molar-refractivity contribution in [3.8, 4) is 11.3 Å². The number of nitrogens with zero attached hydrogens (tertiary/aromatic N) is 3. The summed E-state index contributed by atoms with van der Waals surface area (Å²) in [6, 6.07) is 1.15. The minimum atomic E-state index is -4.83. The van der Waals surface area contributed by atoms with E-state index in [4.69, 9.17) is 0 Å². The molecule has 1 heterocycles. The van der Waals surface area contributed by atoms with Crippen molar-refractivity contribution in [1.82, 2.24) is 15.4 Å². The van der Waals surface area contributed by atoms with Crippen LogP contribution in [0.4, 0.5) is 26.3 Å². The first-order valence-corrected chi connectivity index (χ1v) is 5.76. The lowest BCUT2D eigenvalue weighted by atomic mass is 9.99. The molecule has 4 nitrogen and oxygen atoms in total. The molecule has 0 atom stereocenters. The molecule has 2 rings (SSSR count). The number of nitrogens with one attached hydrogen (secondary N) is 1. The van der Waals surface area contributed by atoms with Crippen LogP contribution in [0.2, 0.25) is 0 Å². The Kier molecular flexibility index (Phi) is 3.94. The lowest BCUT2D eigenvalue weighted by Crippen LogP contribution is -2.11. The van der Waals surface area contributed by atoms with Crippen LogP contribution in [0.25, 0.3) is 11.3 Å². The number of hydrogen-bond donors (Lipinski definition) is 1. The smallest absolute Gasteiger partial charge is 0.294 e. The van der Waals surface area contributed by atoms with Crippen LogP contribution in [0.3, 0.4) is 0 Å². The molecule has 0 aliphatic rings. The molecule has 0 radical (unpaired) electrons. The maximum Gasteiger partial charge on any atom is 0.417 e. The number of rotatable bonds is 2. The Morgan fingerprint density at radius 1 is 1.05 bits per heavy atom. The second-order valence-corrected chi connectivity index (χ2v) is 4.20. The third-order valence-electron chi connectivity index (χ3n) is 2.73. The number of aromatic amines is 1. The van der Waals surface area contributed by atoms with E-state index in [1.54, 1.807) is 0 Å². The van der Waals surface area contributed by atoms with Gasteiger partial charge >= 0.3 is 12.4 Å². The van der Waals surface area contributed by atoms with Crippen LogP contribution in [0.5, 0.6) is 0 Å². The SMILES string of the molecule is CN=Cc1n[nH]nc1-c1cc(C(F)(F)F)ccc1C(F)(F)F. The van der Waals surface area contributed by atoms with Gasteiger partial charge in [0.25, 0.3) is 0 Å². The van der Waals surface area contributed by atoms with Gasteiger partial charge in [-0.25, -0.2) is 0 Å². The molecule has 0 bridgehead atoms. The van der Waals surface area contributed by atoms with Crippen LogP contribution >= 0.6 is 0 Å². The molecule has 0 unspecified atom stereocenters. The fourth-order valence-electron chi connectivity index (χ4n) is 1.81. The van der Waals surface area contributed by atoms with Gasteiger partial charge in [0.05, 0.1) is 17.3 Å². The maximum absolute atomic E-state index is 13.0. The molecular weight excluding hydrogens is 314 g/mol. The van der Waals surface area contributed by atoms with Gasteiger partial charge in [0, 0.05) is 12.6 Å². The molecule has 2 aromatic rings. The van der Waals surface area contributed by atoms with Crippen LogP contribution in [0.15, 0.2) is 23.2 Å². The van der Waals surface area contributed by atoms with E-state index in [0.29, 0.717) is 18.2 Å². The molecular formula is C12H8F6N4. The van der Waals surface area contributed by atoms with E-state index in [1.165, 1.54) is 7.05 Å². The molecule has 0 aliphatic carbocycles. The predicted octanol–water partition coefficient (Wildman–Crippen LogP) is 3.56. The summed E-state index contributed by atoms with van der Waals surface area (Å²) in [5, 5.41) is 9.15. The van der Waals surface area contributed by atoms with Gasteiger partial charge < -0.3 is 0 Å². The van der Waals surface area contributed by atoms with Gasteiger partial charge in [-0.15, -0.1) is 0 Å². The van der Waals surface area contributed by atoms with E-state index in [9.17, 15) is 26.3 Å². The van der Waals surface area contributed by atoms with Crippen molar-refractivity contribution in [1.29, 1.82) is 0 Å². The third-order valence-corrected chi connectivity index (χ3v) is 2.73. The van der Waals surface area contributed by atoms with Gasteiger partial charge in [-0.2, -0.15) is 41.8 Å². The van der Waals surface area contributed by atoms with E-state index < -0.39 is 29.0 Å². The van der Waals surface area contributed by atoms with E-state index >= 15 is 0 Å². The van der Waals surface area contributed by atoms with Crippen LogP contribution in [-0.4, -0.2) is 28.7 Å². The van der Waals surface area contributed by atoms with E-state index in [2.05, 4.69) is 20.4 Å². The zero-order chi connectivity index (χ0) is 16.5. The number of aromatic nitrogens is 3. The summed E-state index contributed by atoms with van der Waals surface area (Å²) >= 11 is 0. The monoisotopic (exact) mass is 322 g/mol. The maximum atomic E-state index is 13.0. The zero-order valence-corrected chi connectivity index (χ0v) is 10.9. The highest BCUT2D eigenvalue weighted by molar-refractivity contribution is 5.87. The molecule has 10 heteroatoms. The highest BCUT2D eigenvalue weighted by Gasteiger charge is 2.38. The Morgan fingerprint density at radius 3 is 2.27 bits per heavy atom. The summed E-state index contributed by atoms with van der Waals surface area (Å²) < 4.78 is 77.2. The van der Waals surface area contributed by atoms with Crippen molar-refractivity contribution in [2.75, 3.05) is 7.05 Å². The molecule has 22 heavy (non-hydrogen) atoms. The minimum Gasteiger partial charge on any atom is -0.294 e. The average Bonchev–Trinajstić information content (AvgIpc) is 2.84. The molecule has 0 saturated carbocycles. The van der Waals surface area contributed by atoms with Crippen molar-refractivity contribution in [3.63, 3.8) is 0 Å². The van der Waals surface area contributed by atoms with Gasteiger partial charge in [0.1, 0.15) is 11.4 Å². The van der Waals surface area contributed by atoms with Gasteiger partial charge in [0.2, 0.25) is 0 Å². The van der Waals surface area contributed by atoms with E-state index in [-0.39, 0.29) is 11.4 Å². The largest absolute Gasteiger partial charge is 0.417 e. The molecule has 1 N–H and O–H groups in total. The minimum absolute atomic E-state index is 0.0904. The second kappa shape index (κ2) is 5.43. The number of aliphatic imine (C=N–C) groups is 1. The number of halogens is 6. The molecule has 0 saturated heterocycles. The fourth-order valence-corrected chi connectivity index (χ4v) is 1.81. The molecule has 0 fully saturated rings. The summed E-state index contributed by atoms with van der Waals surface area (Å²) in [5.41, 5.74) is -3.61. The van der Waals surface area contributed by atoms with Crippen LogP contribution in [-0.2, 0) is 12.4 Å². The van der Waals surface area contributed by atoms with Crippen LogP contribution in [0, 0.1) is 0 Å². The quantitative estimate of drug-likeness (QED) is 0.679. The Balaban J connectivity index is 2.72. The normalized spacial score (nSPS) is 13.0. The number of hydrogen-bond acceptors (Lipinski definition) is 3. The van der Waals surface area contributed by atoms with Gasteiger partial charge in [-0.05, 0) is 18.2 Å². The van der Waals surface area contributed by atoms with Crippen molar-refractivity contribution < 1.29 is 26.3 Å². The molecule has 0 spiro atoms.